The standard InChI is InChI=1S/C12H21NO/c1-3-4-5-8-13-9-6-7-12(13)10-11(2)14/h1,11-12,14H,4-10H2,2H3. The second-order valence-electron chi connectivity index (χ2n) is 4.22. The third kappa shape index (κ3) is 3.69. The van der Waals surface area contributed by atoms with Gasteiger partial charge in [-0.3, -0.25) is 0 Å². The van der Waals surface area contributed by atoms with Gasteiger partial charge in [0.2, 0.25) is 0 Å². The average molecular weight is 195 g/mol. The van der Waals surface area contributed by atoms with Crippen LogP contribution in [-0.2, 0) is 0 Å². The molecule has 0 spiro atoms. The van der Waals surface area contributed by atoms with Crippen LogP contribution in [0.5, 0.6) is 0 Å². The van der Waals surface area contributed by atoms with Gasteiger partial charge in [0, 0.05) is 12.5 Å². The maximum atomic E-state index is 9.34. The van der Waals surface area contributed by atoms with E-state index < -0.39 is 0 Å². The topological polar surface area (TPSA) is 23.5 Å². The molecule has 1 saturated heterocycles. The molecule has 2 heteroatoms. The fourth-order valence-electron chi connectivity index (χ4n) is 2.23. The first-order valence-corrected chi connectivity index (χ1v) is 5.59. The molecule has 1 N–H and O–H groups in total. The van der Waals surface area contributed by atoms with E-state index >= 15 is 0 Å². The van der Waals surface area contributed by atoms with Crippen molar-refractivity contribution in [2.45, 2.75) is 51.2 Å². The largest absolute Gasteiger partial charge is 0.393 e. The molecule has 2 atom stereocenters. The Morgan fingerprint density at radius 2 is 2.43 bits per heavy atom. The van der Waals surface area contributed by atoms with Crippen molar-refractivity contribution in [3.05, 3.63) is 0 Å². The predicted octanol–water partition coefficient (Wildman–Crippen LogP) is 1.64. The summed E-state index contributed by atoms with van der Waals surface area (Å²) in [7, 11) is 0. The average Bonchev–Trinajstić information content (AvgIpc) is 2.52. The molecule has 0 amide bonds. The van der Waals surface area contributed by atoms with Crippen LogP contribution >= 0.6 is 0 Å². The van der Waals surface area contributed by atoms with Crippen LogP contribution in [0.25, 0.3) is 0 Å². The summed E-state index contributed by atoms with van der Waals surface area (Å²) in [5, 5.41) is 9.34. The first-order valence-electron chi connectivity index (χ1n) is 5.59. The molecule has 1 rings (SSSR count). The van der Waals surface area contributed by atoms with Crippen molar-refractivity contribution in [1.82, 2.24) is 4.90 Å². The summed E-state index contributed by atoms with van der Waals surface area (Å²) >= 11 is 0. The summed E-state index contributed by atoms with van der Waals surface area (Å²) in [6, 6.07) is 0.591. The van der Waals surface area contributed by atoms with Crippen LogP contribution in [0, 0.1) is 12.3 Å². The molecule has 1 aliphatic rings. The third-order valence-electron chi connectivity index (χ3n) is 2.88. The van der Waals surface area contributed by atoms with Gasteiger partial charge in [0.05, 0.1) is 6.10 Å². The molecule has 0 radical (unpaired) electrons. The molecule has 0 saturated carbocycles. The first-order chi connectivity index (χ1) is 6.74. The smallest absolute Gasteiger partial charge is 0.0527 e. The van der Waals surface area contributed by atoms with Crippen molar-refractivity contribution in [3.8, 4) is 12.3 Å². The number of hydrogen-bond donors (Lipinski definition) is 1. The Labute approximate surface area is 87.3 Å². The number of aliphatic hydroxyl groups excluding tert-OH is 1. The van der Waals surface area contributed by atoms with Gasteiger partial charge in [0.1, 0.15) is 0 Å². The van der Waals surface area contributed by atoms with E-state index in [1.807, 2.05) is 6.92 Å². The SMILES string of the molecule is C#CCCCN1CCCC1CC(C)O. The van der Waals surface area contributed by atoms with Gasteiger partial charge in [-0.25, -0.2) is 0 Å². The lowest BCUT2D eigenvalue weighted by atomic mass is 10.1. The van der Waals surface area contributed by atoms with Gasteiger partial charge < -0.3 is 10.0 Å². The predicted molar refractivity (Wildman–Crippen MR) is 59.0 cm³/mol. The summed E-state index contributed by atoms with van der Waals surface area (Å²) in [5.74, 6) is 2.67. The Morgan fingerprint density at radius 3 is 3.07 bits per heavy atom. The van der Waals surface area contributed by atoms with Crippen LogP contribution in [0.1, 0.15) is 39.0 Å². The molecule has 1 heterocycles. The quantitative estimate of drug-likeness (QED) is 0.532. The number of aliphatic hydroxyl groups is 1. The lowest BCUT2D eigenvalue weighted by molar-refractivity contribution is 0.133. The van der Waals surface area contributed by atoms with Gasteiger partial charge in [-0.15, -0.1) is 12.3 Å². The lowest BCUT2D eigenvalue weighted by Gasteiger charge is -2.25. The monoisotopic (exact) mass is 195 g/mol. The Kier molecular flexibility index (Phi) is 5.00. The molecule has 2 nitrogen and oxygen atoms in total. The van der Waals surface area contributed by atoms with E-state index in [2.05, 4.69) is 10.8 Å². The van der Waals surface area contributed by atoms with E-state index in [0.717, 1.165) is 25.8 Å². The summed E-state index contributed by atoms with van der Waals surface area (Å²) in [5.41, 5.74) is 0. The maximum absolute atomic E-state index is 9.34. The zero-order valence-electron chi connectivity index (χ0n) is 9.08. The fourth-order valence-corrected chi connectivity index (χ4v) is 2.23. The molecule has 14 heavy (non-hydrogen) atoms. The number of terminal acetylenes is 1. The number of unbranched alkanes of at least 4 members (excludes halogenated alkanes) is 1. The fraction of sp³-hybridized carbons (Fsp3) is 0.833. The van der Waals surface area contributed by atoms with Crippen molar-refractivity contribution in [2.75, 3.05) is 13.1 Å². The van der Waals surface area contributed by atoms with Crippen molar-refractivity contribution in [3.63, 3.8) is 0 Å². The Morgan fingerprint density at radius 1 is 1.64 bits per heavy atom. The van der Waals surface area contributed by atoms with Crippen molar-refractivity contribution in [1.29, 1.82) is 0 Å². The Hall–Kier alpha value is -0.520. The second kappa shape index (κ2) is 6.06. The van der Waals surface area contributed by atoms with Crippen LogP contribution in [0.3, 0.4) is 0 Å². The molecule has 80 valence electrons. The Balaban J connectivity index is 2.25. The molecule has 1 aliphatic heterocycles. The Bertz CT molecular complexity index is 195. The minimum Gasteiger partial charge on any atom is -0.393 e. The number of likely N-dealkylation sites (tertiary alicyclic amines) is 1. The first kappa shape index (κ1) is 11.6. The van der Waals surface area contributed by atoms with E-state index in [4.69, 9.17) is 6.42 Å². The van der Waals surface area contributed by atoms with E-state index in [-0.39, 0.29) is 6.10 Å². The zero-order chi connectivity index (χ0) is 10.4. The molecule has 0 aromatic heterocycles. The van der Waals surface area contributed by atoms with Crippen molar-refractivity contribution >= 4 is 0 Å². The third-order valence-corrected chi connectivity index (χ3v) is 2.88. The molecular formula is C12H21NO. The summed E-state index contributed by atoms with van der Waals surface area (Å²) < 4.78 is 0. The number of rotatable bonds is 5. The van der Waals surface area contributed by atoms with Crippen molar-refractivity contribution < 1.29 is 5.11 Å². The normalized spacial score (nSPS) is 24.8. The molecule has 0 bridgehead atoms. The summed E-state index contributed by atoms with van der Waals surface area (Å²) in [6.45, 7) is 4.15. The molecular weight excluding hydrogens is 174 g/mol. The van der Waals surface area contributed by atoms with Gasteiger partial charge in [-0.1, -0.05) is 0 Å². The highest BCUT2D eigenvalue weighted by Gasteiger charge is 2.24. The summed E-state index contributed by atoms with van der Waals surface area (Å²) in [6.07, 6.45) is 10.4. The van der Waals surface area contributed by atoms with E-state index in [1.165, 1.54) is 19.4 Å². The minimum atomic E-state index is -0.173. The van der Waals surface area contributed by atoms with Crippen LogP contribution in [-0.4, -0.2) is 35.2 Å². The van der Waals surface area contributed by atoms with Gasteiger partial charge >= 0.3 is 0 Å². The van der Waals surface area contributed by atoms with E-state index in [9.17, 15) is 5.11 Å². The highest BCUT2D eigenvalue weighted by molar-refractivity contribution is 4.85. The molecule has 1 fully saturated rings. The number of nitrogens with zero attached hydrogens (tertiary/aromatic N) is 1. The second-order valence-corrected chi connectivity index (χ2v) is 4.22. The van der Waals surface area contributed by atoms with Crippen molar-refractivity contribution in [2.24, 2.45) is 0 Å². The number of hydrogen-bond acceptors (Lipinski definition) is 2. The van der Waals surface area contributed by atoms with Crippen LogP contribution in [0.15, 0.2) is 0 Å². The van der Waals surface area contributed by atoms with Crippen LogP contribution < -0.4 is 0 Å². The highest BCUT2D eigenvalue weighted by atomic mass is 16.3. The lowest BCUT2D eigenvalue weighted by Crippen LogP contribution is -2.32. The van der Waals surface area contributed by atoms with E-state index in [1.54, 1.807) is 0 Å². The zero-order valence-corrected chi connectivity index (χ0v) is 9.08. The van der Waals surface area contributed by atoms with Crippen LogP contribution in [0.4, 0.5) is 0 Å². The van der Waals surface area contributed by atoms with Gasteiger partial charge in [0.15, 0.2) is 0 Å². The molecule has 0 aliphatic carbocycles. The van der Waals surface area contributed by atoms with E-state index in [0.29, 0.717) is 6.04 Å². The molecule has 0 aromatic rings. The summed E-state index contributed by atoms with van der Waals surface area (Å²) in [4.78, 5) is 2.48. The minimum absolute atomic E-state index is 0.173. The van der Waals surface area contributed by atoms with Gasteiger partial charge in [-0.05, 0) is 45.7 Å². The molecule has 2 unspecified atom stereocenters. The maximum Gasteiger partial charge on any atom is 0.0527 e. The van der Waals surface area contributed by atoms with Gasteiger partial charge in [0.25, 0.3) is 0 Å². The van der Waals surface area contributed by atoms with Gasteiger partial charge in [-0.2, -0.15) is 0 Å². The van der Waals surface area contributed by atoms with Crippen LogP contribution in [0.2, 0.25) is 0 Å². The molecule has 0 aromatic carbocycles. The highest BCUT2D eigenvalue weighted by Crippen LogP contribution is 2.21.